The van der Waals surface area contributed by atoms with Crippen LogP contribution in [0.1, 0.15) is 30.9 Å². The van der Waals surface area contributed by atoms with Gasteiger partial charge in [0.15, 0.2) is 0 Å². The molecule has 0 radical (unpaired) electrons. The van der Waals surface area contributed by atoms with E-state index in [9.17, 15) is 13.2 Å². The molecule has 0 bridgehead atoms. The van der Waals surface area contributed by atoms with Gasteiger partial charge in [0.25, 0.3) is 0 Å². The lowest BCUT2D eigenvalue weighted by Crippen LogP contribution is -2.40. The highest BCUT2D eigenvalue weighted by atomic mass is 32.2. The molecule has 1 aromatic rings. The van der Waals surface area contributed by atoms with Crippen molar-refractivity contribution in [3.8, 4) is 5.75 Å². The second kappa shape index (κ2) is 6.91. The van der Waals surface area contributed by atoms with Crippen molar-refractivity contribution in [2.45, 2.75) is 44.6 Å². The number of carboxylic acids is 1. The molecule has 1 atom stereocenters. The first-order valence-electron chi connectivity index (χ1n) is 6.63. The SMILES string of the molecule is CCCC(NS(=O)(=O)c1cc(C)c(OC)cc1C)C(=O)O. The maximum Gasteiger partial charge on any atom is 0.321 e. The molecule has 1 unspecified atom stereocenters. The molecular formula is C14H21NO5S. The summed E-state index contributed by atoms with van der Waals surface area (Å²) in [6.45, 7) is 5.18. The molecule has 6 nitrogen and oxygen atoms in total. The van der Waals surface area contributed by atoms with Crippen molar-refractivity contribution in [2.24, 2.45) is 0 Å². The van der Waals surface area contributed by atoms with Gasteiger partial charge < -0.3 is 9.84 Å². The fourth-order valence-electron chi connectivity index (χ4n) is 2.04. The van der Waals surface area contributed by atoms with Crippen LogP contribution in [0.25, 0.3) is 0 Å². The van der Waals surface area contributed by atoms with Gasteiger partial charge in [0, 0.05) is 0 Å². The first kappa shape index (κ1) is 17.5. The molecular weight excluding hydrogens is 294 g/mol. The van der Waals surface area contributed by atoms with E-state index in [4.69, 9.17) is 9.84 Å². The highest BCUT2D eigenvalue weighted by molar-refractivity contribution is 7.89. The first-order chi connectivity index (χ1) is 9.72. The molecule has 0 aliphatic carbocycles. The van der Waals surface area contributed by atoms with E-state index in [2.05, 4.69) is 4.72 Å². The van der Waals surface area contributed by atoms with Crippen LogP contribution in [-0.4, -0.2) is 32.6 Å². The maximum atomic E-state index is 12.4. The summed E-state index contributed by atoms with van der Waals surface area (Å²) in [6, 6.07) is 1.99. The normalized spacial score (nSPS) is 13.0. The number of rotatable bonds is 7. The molecule has 0 saturated heterocycles. The molecule has 0 amide bonds. The highest BCUT2D eigenvalue weighted by Crippen LogP contribution is 2.25. The first-order valence-corrected chi connectivity index (χ1v) is 8.11. The van der Waals surface area contributed by atoms with Crippen molar-refractivity contribution < 1.29 is 23.1 Å². The monoisotopic (exact) mass is 315 g/mol. The molecule has 0 heterocycles. The van der Waals surface area contributed by atoms with Crippen molar-refractivity contribution in [1.82, 2.24) is 4.72 Å². The third-order valence-corrected chi connectivity index (χ3v) is 4.77. The van der Waals surface area contributed by atoms with Gasteiger partial charge in [-0.3, -0.25) is 4.79 Å². The van der Waals surface area contributed by atoms with E-state index < -0.39 is 22.0 Å². The van der Waals surface area contributed by atoms with Gasteiger partial charge in [-0.25, -0.2) is 8.42 Å². The predicted molar refractivity (Wildman–Crippen MR) is 79.1 cm³/mol. The highest BCUT2D eigenvalue weighted by Gasteiger charge is 2.26. The minimum atomic E-state index is -3.89. The fourth-order valence-corrected chi connectivity index (χ4v) is 3.58. The van der Waals surface area contributed by atoms with Gasteiger partial charge in [-0.15, -0.1) is 0 Å². The van der Waals surface area contributed by atoms with Crippen LogP contribution in [0.2, 0.25) is 0 Å². The summed E-state index contributed by atoms with van der Waals surface area (Å²) in [5.74, 6) is -0.585. The zero-order valence-electron chi connectivity index (χ0n) is 12.6. The number of sulfonamides is 1. The quantitative estimate of drug-likeness (QED) is 0.801. The summed E-state index contributed by atoms with van der Waals surface area (Å²) in [6.07, 6.45) is 0.808. The molecule has 118 valence electrons. The van der Waals surface area contributed by atoms with Gasteiger partial charge in [-0.2, -0.15) is 4.72 Å². The predicted octanol–water partition coefficient (Wildman–Crippen LogP) is 1.84. The molecule has 0 saturated carbocycles. The van der Waals surface area contributed by atoms with E-state index in [-0.39, 0.29) is 11.3 Å². The van der Waals surface area contributed by atoms with Crippen LogP contribution in [0.15, 0.2) is 17.0 Å². The average molecular weight is 315 g/mol. The van der Waals surface area contributed by atoms with Crippen molar-refractivity contribution in [1.29, 1.82) is 0 Å². The number of aliphatic carboxylic acids is 1. The van der Waals surface area contributed by atoms with Gasteiger partial charge in [-0.1, -0.05) is 13.3 Å². The number of carboxylic acid groups (broad SMARTS) is 1. The van der Waals surface area contributed by atoms with Gasteiger partial charge in [-0.05, 0) is 43.5 Å². The molecule has 0 fully saturated rings. The Bertz CT molecular complexity index is 624. The van der Waals surface area contributed by atoms with E-state index in [1.165, 1.54) is 13.2 Å². The van der Waals surface area contributed by atoms with Crippen LogP contribution >= 0.6 is 0 Å². The number of carbonyl (C=O) groups is 1. The Labute approximate surface area is 125 Å². The summed E-state index contributed by atoms with van der Waals surface area (Å²) in [7, 11) is -2.38. The molecule has 21 heavy (non-hydrogen) atoms. The number of aryl methyl sites for hydroxylation is 2. The second-order valence-electron chi connectivity index (χ2n) is 4.89. The summed E-state index contributed by atoms with van der Waals surface area (Å²) < 4.78 is 32.1. The van der Waals surface area contributed by atoms with Crippen molar-refractivity contribution in [3.05, 3.63) is 23.3 Å². The molecule has 0 aromatic heterocycles. The van der Waals surface area contributed by atoms with E-state index in [1.54, 1.807) is 26.8 Å². The number of hydrogen-bond acceptors (Lipinski definition) is 4. The summed E-state index contributed by atoms with van der Waals surface area (Å²) in [5.41, 5.74) is 1.18. The summed E-state index contributed by atoms with van der Waals surface area (Å²) in [4.78, 5) is 11.2. The van der Waals surface area contributed by atoms with Crippen LogP contribution in [0.3, 0.4) is 0 Å². The molecule has 0 aliphatic rings. The number of hydrogen-bond donors (Lipinski definition) is 2. The van der Waals surface area contributed by atoms with Crippen LogP contribution in [-0.2, 0) is 14.8 Å². The minimum Gasteiger partial charge on any atom is -0.496 e. The largest absolute Gasteiger partial charge is 0.496 e. The Kier molecular flexibility index (Phi) is 5.74. The summed E-state index contributed by atoms with van der Waals surface area (Å²) in [5, 5.41) is 9.07. The third kappa shape index (κ3) is 4.18. The van der Waals surface area contributed by atoms with Crippen LogP contribution < -0.4 is 9.46 Å². The minimum absolute atomic E-state index is 0.0724. The van der Waals surface area contributed by atoms with Crippen LogP contribution in [0.4, 0.5) is 0 Å². The topological polar surface area (TPSA) is 92.7 Å². The molecule has 2 N–H and O–H groups in total. The lowest BCUT2D eigenvalue weighted by Gasteiger charge is -2.16. The van der Waals surface area contributed by atoms with Gasteiger partial charge in [0.05, 0.1) is 12.0 Å². The van der Waals surface area contributed by atoms with E-state index in [0.29, 0.717) is 23.3 Å². The molecule has 1 aromatic carbocycles. The number of methoxy groups -OCH3 is 1. The molecule has 1 rings (SSSR count). The Hall–Kier alpha value is -1.60. The van der Waals surface area contributed by atoms with E-state index >= 15 is 0 Å². The lowest BCUT2D eigenvalue weighted by molar-refractivity contribution is -0.139. The van der Waals surface area contributed by atoms with Gasteiger partial charge in [0.2, 0.25) is 10.0 Å². The standard InChI is InChI=1S/C14H21NO5S/c1-5-6-11(14(16)17)15-21(18,19)13-8-9(2)12(20-4)7-10(13)3/h7-8,11,15H,5-6H2,1-4H3,(H,16,17). The molecule has 7 heteroatoms. The lowest BCUT2D eigenvalue weighted by atomic mass is 10.1. The second-order valence-corrected chi connectivity index (χ2v) is 6.57. The smallest absolute Gasteiger partial charge is 0.321 e. The fraction of sp³-hybridized carbons (Fsp3) is 0.500. The molecule has 0 spiro atoms. The average Bonchev–Trinajstić information content (AvgIpc) is 2.39. The zero-order chi connectivity index (χ0) is 16.2. The summed E-state index contributed by atoms with van der Waals surface area (Å²) >= 11 is 0. The number of ether oxygens (including phenoxy) is 1. The van der Waals surface area contributed by atoms with Crippen molar-refractivity contribution in [3.63, 3.8) is 0 Å². The van der Waals surface area contributed by atoms with E-state index in [0.717, 1.165) is 0 Å². The number of nitrogens with one attached hydrogen (secondary N) is 1. The number of benzene rings is 1. The van der Waals surface area contributed by atoms with E-state index in [1.807, 2.05) is 0 Å². The third-order valence-electron chi connectivity index (χ3n) is 3.15. The van der Waals surface area contributed by atoms with Gasteiger partial charge >= 0.3 is 5.97 Å². The zero-order valence-corrected chi connectivity index (χ0v) is 13.5. The van der Waals surface area contributed by atoms with Crippen LogP contribution in [0.5, 0.6) is 5.75 Å². The van der Waals surface area contributed by atoms with Crippen LogP contribution in [0, 0.1) is 13.8 Å². The van der Waals surface area contributed by atoms with Gasteiger partial charge in [0.1, 0.15) is 11.8 Å². The Morgan fingerprint density at radius 3 is 2.43 bits per heavy atom. The Balaban J connectivity index is 3.19. The maximum absolute atomic E-state index is 12.4. The molecule has 0 aliphatic heterocycles. The Morgan fingerprint density at radius 1 is 1.33 bits per heavy atom. The van der Waals surface area contributed by atoms with Crippen molar-refractivity contribution in [2.75, 3.05) is 7.11 Å². The van der Waals surface area contributed by atoms with Crippen molar-refractivity contribution >= 4 is 16.0 Å². The Morgan fingerprint density at radius 2 is 1.95 bits per heavy atom.